The summed E-state index contributed by atoms with van der Waals surface area (Å²) in [5.74, 6) is 0.458. The lowest BCUT2D eigenvalue weighted by Gasteiger charge is -2.37. The lowest BCUT2D eigenvalue weighted by Crippen LogP contribution is -2.48. The van der Waals surface area contributed by atoms with Crippen LogP contribution in [0.2, 0.25) is 0 Å². The number of hydrogen-bond donors (Lipinski definition) is 0. The lowest BCUT2D eigenvalue weighted by molar-refractivity contribution is -0.133. The summed E-state index contributed by atoms with van der Waals surface area (Å²) >= 11 is 0. The normalized spacial score (nSPS) is 22.2. The number of likely N-dealkylation sites (tertiary alicyclic amines) is 1. The van der Waals surface area contributed by atoms with Crippen LogP contribution in [0.1, 0.15) is 30.0 Å². The molecule has 3 aliphatic rings. The summed E-state index contributed by atoms with van der Waals surface area (Å²) in [4.78, 5) is 30.6. The van der Waals surface area contributed by atoms with E-state index in [1.807, 2.05) is 52.3 Å². The van der Waals surface area contributed by atoms with Gasteiger partial charge in [-0.25, -0.2) is 4.79 Å². The number of rotatable bonds is 4. The van der Waals surface area contributed by atoms with Gasteiger partial charge < -0.3 is 9.64 Å². The Morgan fingerprint density at radius 1 is 1.03 bits per heavy atom. The maximum Gasteiger partial charge on any atom is 0.411 e. The van der Waals surface area contributed by atoms with Gasteiger partial charge in [0, 0.05) is 31.1 Å². The fraction of sp³-hybridized carbons (Fsp3) is 0.375. The van der Waals surface area contributed by atoms with Gasteiger partial charge in [0.05, 0.1) is 6.04 Å². The van der Waals surface area contributed by atoms with Crippen molar-refractivity contribution in [2.75, 3.05) is 13.1 Å². The number of piperidine rings is 1. The third-order valence-electron chi connectivity index (χ3n) is 6.88. The van der Waals surface area contributed by atoms with Crippen molar-refractivity contribution in [1.82, 2.24) is 30.0 Å². The van der Waals surface area contributed by atoms with E-state index in [9.17, 15) is 9.59 Å². The Bertz CT molecular complexity index is 1190. The number of carbonyl (C=O) groups excluding carboxylic acids is 2. The van der Waals surface area contributed by atoms with Gasteiger partial charge in [-0.3, -0.25) is 9.69 Å². The Balaban J connectivity index is 1.09. The van der Waals surface area contributed by atoms with Crippen molar-refractivity contribution in [2.45, 2.75) is 44.0 Å². The molecule has 33 heavy (non-hydrogen) atoms. The van der Waals surface area contributed by atoms with Crippen LogP contribution in [0.4, 0.5) is 4.79 Å². The largest absolute Gasteiger partial charge is 0.443 e. The highest BCUT2D eigenvalue weighted by molar-refractivity contribution is 5.76. The summed E-state index contributed by atoms with van der Waals surface area (Å²) in [7, 11) is 0. The highest BCUT2D eigenvalue weighted by Gasteiger charge is 2.50. The molecular formula is C24H24N6O3. The van der Waals surface area contributed by atoms with E-state index in [1.165, 1.54) is 15.9 Å². The van der Waals surface area contributed by atoms with Crippen LogP contribution in [0.15, 0.2) is 54.6 Å². The molecule has 3 heterocycles. The van der Waals surface area contributed by atoms with Crippen LogP contribution in [0, 0.1) is 0 Å². The molecule has 0 bridgehead atoms. The molecule has 1 aliphatic carbocycles. The molecular weight excluding hydrogens is 420 g/mol. The zero-order chi connectivity index (χ0) is 22.4. The molecule has 9 nitrogen and oxygen atoms in total. The average Bonchev–Trinajstić information content (AvgIpc) is 3.53. The molecule has 1 aromatic heterocycles. The standard InChI is InChI=1S/C24H24N6O3/c31-21(15-29-26-23(25-27-29)16-6-2-1-3-7-16)28-12-10-18(11-13-28)30-22-19-9-5-4-8-17(19)14-20(22)33-24(30)32/h1-9,18,20,22H,10-15H2/t20-,22+/m0/s1. The zero-order valence-corrected chi connectivity index (χ0v) is 18.1. The molecule has 2 saturated heterocycles. The fourth-order valence-corrected chi connectivity index (χ4v) is 5.28. The van der Waals surface area contributed by atoms with Crippen molar-refractivity contribution >= 4 is 12.0 Å². The van der Waals surface area contributed by atoms with Gasteiger partial charge in [0.1, 0.15) is 12.6 Å². The van der Waals surface area contributed by atoms with Gasteiger partial charge in [-0.15, -0.1) is 10.2 Å². The number of amides is 2. The van der Waals surface area contributed by atoms with Gasteiger partial charge in [0.25, 0.3) is 0 Å². The van der Waals surface area contributed by atoms with Crippen molar-refractivity contribution in [1.29, 1.82) is 0 Å². The monoisotopic (exact) mass is 444 g/mol. The molecule has 3 aromatic rings. The highest BCUT2D eigenvalue weighted by atomic mass is 16.6. The Kier molecular flexibility index (Phi) is 4.82. The van der Waals surface area contributed by atoms with Crippen LogP contribution < -0.4 is 0 Å². The van der Waals surface area contributed by atoms with E-state index in [4.69, 9.17) is 4.74 Å². The van der Waals surface area contributed by atoms with E-state index in [0.29, 0.717) is 18.9 Å². The van der Waals surface area contributed by atoms with Crippen LogP contribution in [-0.2, 0) is 22.5 Å². The predicted octanol–water partition coefficient (Wildman–Crippen LogP) is 2.45. The minimum absolute atomic E-state index is 0.0169. The molecule has 168 valence electrons. The van der Waals surface area contributed by atoms with Gasteiger partial charge in [-0.1, -0.05) is 54.6 Å². The van der Waals surface area contributed by atoms with Crippen molar-refractivity contribution in [3.63, 3.8) is 0 Å². The molecule has 0 spiro atoms. The Hall–Kier alpha value is -3.75. The van der Waals surface area contributed by atoms with E-state index in [2.05, 4.69) is 27.5 Å². The quantitative estimate of drug-likeness (QED) is 0.614. The lowest BCUT2D eigenvalue weighted by atomic mass is 9.99. The zero-order valence-electron chi connectivity index (χ0n) is 18.1. The van der Waals surface area contributed by atoms with Gasteiger partial charge in [0.15, 0.2) is 0 Å². The molecule has 2 fully saturated rings. The summed E-state index contributed by atoms with van der Waals surface area (Å²) < 4.78 is 5.71. The highest BCUT2D eigenvalue weighted by Crippen LogP contribution is 2.44. The topological polar surface area (TPSA) is 93.5 Å². The molecule has 2 aromatic carbocycles. The molecule has 9 heteroatoms. The van der Waals surface area contributed by atoms with Gasteiger partial charge in [0.2, 0.25) is 11.7 Å². The first-order chi connectivity index (χ1) is 16.2. The third-order valence-corrected chi connectivity index (χ3v) is 6.88. The summed E-state index contributed by atoms with van der Waals surface area (Å²) in [5, 5.41) is 12.4. The molecule has 6 rings (SSSR count). The number of benzene rings is 2. The number of ether oxygens (including phenoxy) is 1. The van der Waals surface area contributed by atoms with Gasteiger partial charge in [-0.05, 0) is 29.2 Å². The number of fused-ring (bicyclic) bond motifs is 3. The molecule has 0 N–H and O–H groups in total. The second-order valence-corrected chi connectivity index (χ2v) is 8.80. The first kappa shape index (κ1) is 19.9. The Morgan fingerprint density at radius 3 is 2.61 bits per heavy atom. The number of hydrogen-bond acceptors (Lipinski definition) is 6. The smallest absolute Gasteiger partial charge is 0.411 e. The number of carbonyl (C=O) groups is 2. The first-order valence-electron chi connectivity index (χ1n) is 11.3. The number of nitrogens with zero attached hydrogens (tertiary/aromatic N) is 6. The van der Waals surface area contributed by atoms with Crippen molar-refractivity contribution in [3.05, 3.63) is 65.7 Å². The van der Waals surface area contributed by atoms with Crippen LogP contribution in [0.5, 0.6) is 0 Å². The van der Waals surface area contributed by atoms with Crippen LogP contribution in [0.25, 0.3) is 11.4 Å². The molecule has 0 unspecified atom stereocenters. The number of tetrazole rings is 1. The van der Waals surface area contributed by atoms with E-state index < -0.39 is 0 Å². The Morgan fingerprint density at radius 2 is 1.79 bits per heavy atom. The van der Waals surface area contributed by atoms with Crippen LogP contribution in [0.3, 0.4) is 0 Å². The van der Waals surface area contributed by atoms with Crippen LogP contribution in [-0.4, -0.2) is 67.2 Å². The predicted molar refractivity (Wildman–Crippen MR) is 118 cm³/mol. The van der Waals surface area contributed by atoms with Gasteiger partial charge in [-0.2, -0.15) is 4.80 Å². The third kappa shape index (κ3) is 3.53. The minimum Gasteiger partial charge on any atom is -0.443 e. The van der Waals surface area contributed by atoms with Gasteiger partial charge >= 0.3 is 6.09 Å². The molecule has 0 saturated carbocycles. The average molecular weight is 444 g/mol. The maximum atomic E-state index is 12.8. The first-order valence-corrected chi connectivity index (χ1v) is 11.3. The second-order valence-electron chi connectivity index (χ2n) is 8.80. The molecule has 2 amide bonds. The summed E-state index contributed by atoms with van der Waals surface area (Å²) in [6.45, 7) is 1.23. The van der Waals surface area contributed by atoms with E-state index >= 15 is 0 Å². The molecule has 2 aliphatic heterocycles. The van der Waals surface area contributed by atoms with E-state index in [0.717, 1.165) is 24.8 Å². The second kappa shape index (κ2) is 7.99. The van der Waals surface area contributed by atoms with Crippen LogP contribution >= 0.6 is 0 Å². The van der Waals surface area contributed by atoms with E-state index in [-0.39, 0.29) is 36.7 Å². The molecule has 2 atom stereocenters. The van der Waals surface area contributed by atoms with E-state index in [1.54, 1.807) is 0 Å². The maximum absolute atomic E-state index is 12.8. The molecule has 0 radical (unpaired) electrons. The Labute approximate surface area is 190 Å². The van der Waals surface area contributed by atoms with Crippen molar-refractivity contribution in [2.24, 2.45) is 0 Å². The summed E-state index contributed by atoms with van der Waals surface area (Å²) in [5.41, 5.74) is 3.31. The van der Waals surface area contributed by atoms with Crippen molar-refractivity contribution in [3.8, 4) is 11.4 Å². The number of aromatic nitrogens is 4. The SMILES string of the molecule is O=C(Cn1nnc(-c2ccccc2)n1)N1CCC(N2C(=O)O[C@H]3Cc4ccccc4[C@H]32)CC1. The minimum atomic E-state index is -0.232. The fourth-order valence-electron chi connectivity index (χ4n) is 5.28. The summed E-state index contributed by atoms with van der Waals surface area (Å²) in [6, 6.07) is 17.9. The van der Waals surface area contributed by atoms with Crippen molar-refractivity contribution < 1.29 is 14.3 Å². The summed E-state index contributed by atoms with van der Waals surface area (Å²) in [6.07, 6.45) is 1.89.